The van der Waals surface area contributed by atoms with Crippen LogP contribution in [-0.2, 0) is 14.2 Å². The van der Waals surface area contributed by atoms with Gasteiger partial charge in [-0.3, -0.25) is 0 Å². The van der Waals surface area contributed by atoms with E-state index >= 15 is 0 Å². The lowest BCUT2D eigenvalue weighted by molar-refractivity contribution is -0.462. The molecule has 0 aromatic heterocycles. The van der Waals surface area contributed by atoms with Crippen molar-refractivity contribution >= 4 is 0 Å². The van der Waals surface area contributed by atoms with Crippen molar-refractivity contribution in [3.8, 4) is 0 Å². The summed E-state index contributed by atoms with van der Waals surface area (Å²) >= 11 is 0. The van der Waals surface area contributed by atoms with Gasteiger partial charge in [0.25, 0.3) is 0 Å². The summed E-state index contributed by atoms with van der Waals surface area (Å²) in [6, 6.07) is 0. The topological polar surface area (TPSA) is 109 Å². The predicted molar refractivity (Wildman–Crippen MR) is 105 cm³/mol. The van der Waals surface area contributed by atoms with Gasteiger partial charge in [-0.2, -0.15) is 74.6 Å². The monoisotopic (exact) mass is 698 g/mol. The minimum absolute atomic E-state index is 0.155. The lowest BCUT2D eigenvalue weighted by Gasteiger charge is -2.42. The van der Waals surface area contributed by atoms with E-state index < -0.39 is 111 Å². The maximum Gasteiger partial charge on any atom is 0.460 e. The quantitative estimate of drug-likeness (QED) is 0.143. The number of ether oxygens (including phenoxy) is 3. The molecule has 5 atom stereocenters. The molecule has 1 fully saturated rings. The molecule has 0 radical (unpaired) electrons. The first-order chi connectivity index (χ1) is 19.5. The molecule has 0 aliphatic carbocycles. The SMILES string of the molecule is OC[C@H]1O[C@@H](OCCCCOCCC(F)(F)C(F)(F)C(F)(F)C(F)(F)C(F)(F)C(F)(F)C(F)(F)C(F)(F)F)[C@H](O)[C@@H](O)[C@H]1O. The first kappa shape index (κ1) is 40.6. The number of halogens is 17. The van der Waals surface area contributed by atoms with E-state index in [1.165, 1.54) is 0 Å². The van der Waals surface area contributed by atoms with Gasteiger partial charge in [-0.15, -0.1) is 0 Å². The highest BCUT2D eigenvalue weighted by molar-refractivity contribution is 5.15. The van der Waals surface area contributed by atoms with Crippen molar-refractivity contribution in [3.05, 3.63) is 0 Å². The molecule has 0 amide bonds. The maximum atomic E-state index is 13.8. The molecule has 1 aliphatic rings. The molecule has 0 aromatic carbocycles. The lowest BCUT2D eigenvalue weighted by Crippen LogP contribution is -2.74. The second-order valence-electron chi connectivity index (χ2n) is 9.29. The van der Waals surface area contributed by atoms with Crippen molar-refractivity contribution in [1.29, 1.82) is 0 Å². The molecule has 1 rings (SSSR count). The summed E-state index contributed by atoms with van der Waals surface area (Å²) in [6.45, 7) is -3.66. The Kier molecular flexibility index (Phi) is 12.3. The van der Waals surface area contributed by atoms with Gasteiger partial charge in [-0.05, 0) is 12.8 Å². The van der Waals surface area contributed by atoms with Crippen LogP contribution >= 0.6 is 0 Å². The highest BCUT2D eigenvalue weighted by Crippen LogP contribution is 2.64. The van der Waals surface area contributed by atoms with E-state index in [2.05, 4.69) is 4.74 Å². The van der Waals surface area contributed by atoms with Gasteiger partial charge < -0.3 is 34.6 Å². The Balaban J connectivity index is 2.80. The molecule has 0 aromatic rings. The average molecular weight is 698 g/mol. The Morgan fingerprint density at radius 3 is 1.41 bits per heavy atom. The number of rotatable bonds is 16. The van der Waals surface area contributed by atoms with Crippen molar-refractivity contribution in [3.63, 3.8) is 0 Å². The summed E-state index contributed by atoms with van der Waals surface area (Å²) in [6.07, 6.45) is -19.3. The minimum atomic E-state index is -8.68. The molecular formula is C20H23F17O7. The molecule has 0 unspecified atom stereocenters. The van der Waals surface area contributed by atoms with Crippen molar-refractivity contribution < 1.29 is 109 Å². The van der Waals surface area contributed by atoms with Crippen LogP contribution < -0.4 is 0 Å². The van der Waals surface area contributed by atoms with E-state index in [4.69, 9.17) is 14.6 Å². The van der Waals surface area contributed by atoms with E-state index in [1.807, 2.05) is 0 Å². The third kappa shape index (κ3) is 6.94. The zero-order valence-electron chi connectivity index (χ0n) is 21.3. The number of aliphatic hydroxyl groups is 4. The third-order valence-electron chi connectivity index (χ3n) is 6.16. The molecular weight excluding hydrogens is 675 g/mol. The van der Waals surface area contributed by atoms with Gasteiger partial charge in [0.1, 0.15) is 24.4 Å². The van der Waals surface area contributed by atoms with Gasteiger partial charge in [0.15, 0.2) is 6.29 Å². The summed E-state index contributed by atoms with van der Waals surface area (Å²) in [4.78, 5) is 0. The molecule has 0 spiro atoms. The van der Waals surface area contributed by atoms with Gasteiger partial charge in [0, 0.05) is 19.6 Å². The number of hydrogen-bond acceptors (Lipinski definition) is 7. The van der Waals surface area contributed by atoms with E-state index in [-0.39, 0.29) is 12.8 Å². The van der Waals surface area contributed by atoms with Gasteiger partial charge in [-0.1, -0.05) is 0 Å². The van der Waals surface area contributed by atoms with Crippen molar-refractivity contribution in [2.24, 2.45) is 0 Å². The van der Waals surface area contributed by atoms with Crippen LogP contribution in [-0.4, -0.2) is 125 Å². The van der Waals surface area contributed by atoms with Crippen molar-refractivity contribution in [1.82, 2.24) is 0 Å². The van der Waals surface area contributed by atoms with Crippen LogP contribution in [0.15, 0.2) is 0 Å². The van der Waals surface area contributed by atoms with Crippen LogP contribution in [0.25, 0.3) is 0 Å². The van der Waals surface area contributed by atoms with E-state index in [1.54, 1.807) is 0 Å². The van der Waals surface area contributed by atoms with Crippen molar-refractivity contribution in [2.75, 3.05) is 26.4 Å². The molecule has 44 heavy (non-hydrogen) atoms. The molecule has 1 saturated heterocycles. The average Bonchev–Trinajstić information content (AvgIpc) is 2.88. The van der Waals surface area contributed by atoms with Crippen LogP contribution in [0.1, 0.15) is 19.3 Å². The predicted octanol–water partition coefficient (Wildman–Crippen LogP) is 4.00. The maximum absolute atomic E-state index is 13.8. The highest BCUT2D eigenvalue weighted by Gasteiger charge is 2.95. The molecule has 24 heteroatoms. The van der Waals surface area contributed by atoms with Crippen LogP contribution in [0.3, 0.4) is 0 Å². The number of aliphatic hydroxyl groups excluding tert-OH is 4. The van der Waals surface area contributed by atoms with Crippen molar-refractivity contribution in [2.45, 2.75) is 97.6 Å². The third-order valence-corrected chi connectivity index (χ3v) is 6.16. The first-order valence-corrected chi connectivity index (χ1v) is 11.7. The number of unbranched alkanes of at least 4 members (excludes halogenated alkanes) is 1. The van der Waals surface area contributed by atoms with E-state index in [9.17, 15) is 90.0 Å². The Morgan fingerprint density at radius 2 is 0.955 bits per heavy atom. The van der Waals surface area contributed by atoms with Crippen LogP contribution in [0.2, 0.25) is 0 Å². The molecule has 7 nitrogen and oxygen atoms in total. The van der Waals surface area contributed by atoms with E-state index in [0.717, 1.165) is 0 Å². The standard InChI is InChI=1S/C20H23F17O7/c21-13(22,3-6-42-4-1-2-5-43-12-11(41)10(40)9(39)8(7-38)44-12)14(23,24)15(25,26)16(27,28)17(29,30)18(31,32)19(33,34)20(35,36)37/h8-12,38-41H,1-7H2/t8-,9+,10+,11-,12-/m1/s1. The number of hydrogen-bond donors (Lipinski definition) is 4. The fourth-order valence-corrected chi connectivity index (χ4v) is 3.37. The molecule has 1 aliphatic heterocycles. The molecule has 4 N–H and O–H groups in total. The lowest BCUT2D eigenvalue weighted by atomic mass is 9.88. The fourth-order valence-electron chi connectivity index (χ4n) is 3.37. The summed E-state index contributed by atoms with van der Waals surface area (Å²) in [5.74, 6) is -56.8. The van der Waals surface area contributed by atoms with E-state index in [0.29, 0.717) is 0 Å². The summed E-state index contributed by atoms with van der Waals surface area (Å²) < 4.78 is 239. The molecule has 0 bridgehead atoms. The summed E-state index contributed by atoms with van der Waals surface area (Å²) in [5, 5.41) is 38.0. The molecule has 0 saturated carbocycles. The van der Waals surface area contributed by atoms with Gasteiger partial charge in [-0.25, -0.2) is 0 Å². The van der Waals surface area contributed by atoms with Crippen LogP contribution in [0, 0.1) is 0 Å². The van der Waals surface area contributed by atoms with Crippen LogP contribution in [0.5, 0.6) is 0 Å². The minimum Gasteiger partial charge on any atom is -0.394 e. The molecule has 264 valence electrons. The summed E-state index contributed by atoms with van der Waals surface area (Å²) in [7, 11) is 0. The van der Waals surface area contributed by atoms with Gasteiger partial charge >= 0.3 is 47.6 Å². The Labute approximate surface area is 234 Å². The van der Waals surface area contributed by atoms with Gasteiger partial charge in [0.05, 0.1) is 13.2 Å². The van der Waals surface area contributed by atoms with Gasteiger partial charge in [0.2, 0.25) is 0 Å². The second kappa shape index (κ2) is 13.3. The Hall–Kier alpha value is -1.47. The Bertz CT molecular complexity index is 929. The zero-order chi connectivity index (χ0) is 35.0. The highest BCUT2D eigenvalue weighted by atomic mass is 19.4. The molecule has 1 heterocycles. The van der Waals surface area contributed by atoms with Crippen LogP contribution in [0.4, 0.5) is 74.6 Å². The fraction of sp³-hybridized carbons (Fsp3) is 1.00. The normalized spacial score (nSPS) is 25.4. The zero-order valence-corrected chi connectivity index (χ0v) is 21.3. The second-order valence-corrected chi connectivity index (χ2v) is 9.29. The largest absolute Gasteiger partial charge is 0.460 e. The first-order valence-electron chi connectivity index (χ1n) is 11.7. The summed E-state index contributed by atoms with van der Waals surface area (Å²) in [5.41, 5.74) is 0. The smallest absolute Gasteiger partial charge is 0.394 e. The number of alkyl halides is 17. The Morgan fingerprint density at radius 1 is 0.523 bits per heavy atom.